The Morgan fingerprint density at radius 2 is 1.85 bits per heavy atom. The molecular weight excluding hydrogens is 186 g/mol. The molecule has 0 saturated heterocycles. The van der Waals surface area contributed by atoms with Crippen LogP contribution in [0.1, 0.15) is 19.4 Å². The van der Waals surface area contributed by atoms with Crippen molar-refractivity contribution >= 4 is 11.6 Å². The van der Waals surface area contributed by atoms with Gasteiger partial charge in [0.15, 0.2) is 0 Å². The largest absolute Gasteiger partial charge is 0.384 e. The molecule has 0 amide bonds. The highest BCUT2D eigenvalue weighted by atomic mass is 35.5. The second kappa shape index (κ2) is 3.66. The van der Waals surface area contributed by atoms with Crippen LogP contribution in [0.5, 0.6) is 0 Å². The summed E-state index contributed by atoms with van der Waals surface area (Å²) in [4.78, 5) is 0. The minimum atomic E-state index is -0.995. The summed E-state index contributed by atoms with van der Waals surface area (Å²) >= 11 is 5.73. The highest BCUT2D eigenvalue weighted by Gasteiger charge is 2.27. The minimum absolute atomic E-state index is 0.311. The molecule has 2 atom stereocenters. The highest BCUT2D eigenvalue weighted by molar-refractivity contribution is 6.30. The van der Waals surface area contributed by atoms with Crippen molar-refractivity contribution in [2.75, 3.05) is 0 Å². The molecule has 3 heteroatoms. The number of halogens is 1. The third kappa shape index (κ3) is 2.21. The zero-order valence-corrected chi connectivity index (χ0v) is 8.55. The molecule has 0 radical (unpaired) electrons. The summed E-state index contributed by atoms with van der Waals surface area (Å²) in [6.45, 7) is 3.47. The van der Waals surface area contributed by atoms with Crippen molar-refractivity contribution in [1.82, 2.24) is 0 Å². The van der Waals surface area contributed by atoms with Crippen molar-refractivity contribution in [2.24, 2.45) is 5.73 Å². The zero-order valence-electron chi connectivity index (χ0n) is 7.79. The Bertz CT molecular complexity index is 279. The molecule has 13 heavy (non-hydrogen) atoms. The van der Waals surface area contributed by atoms with Crippen LogP contribution in [-0.2, 0) is 5.60 Å². The molecule has 1 aromatic carbocycles. The number of aliphatic hydroxyl groups is 1. The van der Waals surface area contributed by atoms with Crippen molar-refractivity contribution in [3.63, 3.8) is 0 Å². The lowest BCUT2D eigenvalue weighted by atomic mass is 9.90. The fourth-order valence-corrected chi connectivity index (χ4v) is 1.18. The van der Waals surface area contributed by atoms with E-state index < -0.39 is 5.60 Å². The third-order valence-corrected chi connectivity index (χ3v) is 2.57. The van der Waals surface area contributed by atoms with Gasteiger partial charge in [0.25, 0.3) is 0 Å². The average Bonchev–Trinajstić information content (AvgIpc) is 2.04. The van der Waals surface area contributed by atoms with Gasteiger partial charge < -0.3 is 10.8 Å². The predicted molar refractivity (Wildman–Crippen MR) is 54.7 cm³/mol. The summed E-state index contributed by atoms with van der Waals surface area (Å²) in [5.41, 5.74) is 5.45. The summed E-state index contributed by atoms with van der Waals surface area (Å²) < 4.78 is 0. The number of nitrogens with two attached hydrogens (primary N) is 1. The Balaban J connectivity index is 3.01. The van der Waals surface area contributed by atoms with Gasteiger partial charge in [-0.1, -0.05) is 23.7 Å². The molecule has 0 aromatic heterocycles. The van der Waals surface area contributed by atoms with Crippen LogP contribution >= 0.6 is 11.6 Å². The fraction of sp³-hybridized carbons (Fsp3) is 0.400. The highest BCUT2D eigenvalue weighted by Crippen LogP contribution is 2.24. The molecule has 1 rings (SSSR count). The quantitative estimate of drug-likeness (QED) is 0.764. The first-order chi connectivity index (χ1) is 5.94. The van der Waals surface area contributed by atoms with Crippen LogP contribution in [-0.4, -0.2) is 11.1 Å². The summed E-state index contributed by atoms with van der Waals surface area (Å²) in [6, 6.07) is 6.74. The van der Waals surface area contributed by atoms with Gasteiger partial charge in [0.2, 0.25) is 0 Å². The van der Waals surface area contributed by atoms with E-state index in [9.17, 15) is 5.11 Å². The van der Waals surface area contributed by atoms with Gasteiger partial charge in [-0.3, -0.25) is 0 Å². The first-order valence-corrected chi connectivity index (χ1v) is 4.56. The van der Waals surface area contributed by atoms with Crippen LogP contribution < -0.4 is 5.73 Å². The van der Waals surface area contributed by atoms with Crippen molar-refractivity contribution in [3.8, 4) is 0 Å². The van der Waals surface area contributed by atoms with E-state index in [1.165, 1.54) is 0 Å². The first kappa shape index (κ1) is 10.5. The van der Waals surface area contributed by atoms with Crippen LogP contribution in [0.4, 0.5) is 0 Å². The molecular formula is C10H14ClNO. The minimum Gasteiger partial charge on any atom is -0.384 e. The standard InChI is InChI=1S/C10H14ClNO/c1-7(12)10(2,13)8-3-5-9(11)6-4-8/h3-7,13H,12H2,1-2H3/t7-,10-/m1/s1. The van der Waals surface area contributed by atoms with E-state index in [-0.39, 0.29) is 6.04 Å². The van der Waals surface area contributed by atoms with Gasteiger partial charge in [0.05, 0.1) is 0 Å². The van der Waals surface area contributed by atoms with E-state index in [1.807, 2.05) is 0 Å². The zero-order chi connectivity index (χ0) is 10.1. The maximum atomic E-state index is 9.99. The van der Waals surface area contributed by atoms with Crippen molar-refractivity contribution < 1.29 is 5.11 Å². The van der Waals surface area contributed by atoms with Gasteiger partial charge in [0, 0.05) is 11.1 Å². The Morgan fingerprint density at radius 1 is 1.38 bits per heavy atom. The maximum Gasteiger partial charge on any atom is 0.102 e. The fourth-order valence-electron chi connectivity index (χ4n) is 1.05. The lowest BCUT2D eigenvalue weighted by Gasteiger charge is -2.27. The Kier molecular flexibility index (Phi) is 2.96. The van der Waals surface area contributed by atoms with Crippen molar-refractivity contribution in [3.05, 3.63) is 34.9 Å². The van der Waals surface area contributed by atoms with Gasteiger partial charge in [0.1, 0.15) is 5.60 Å². The summed E-state index contributed by atoms with van der Waals surface area (Å²) in [5.74, 6) is 0. The summed E-state index contributed by atoms with van der Waals surface area (Å²) in [7, 11) is 0. The number of hydrogen-bond acceptors (Lipinski definition) is 2. The van der Waals surface area contributed by atoms with E-state index in [0.717, 1.165) is 5.56 Å². The lowest BCUT2D eigenvalue weighted by molar-refractivity contribution is 0.0349. The van der Waals surface area contributed by atoms with Gasteiger partial charge in [-0.15, -0.1) is 0 Å². The monoisotopic (exact) mass is 199 g/mol. The van der Waals surface area contributed by atoms with Crippen LogP contribution in [0, 0.1) is 0 Å². The topological polar surface area (TPSA) is 46.2 Å². The SMILES string of the molecule is C[C@@H](N)[C@@](C)(O)c1ccc(Cl)cc1. The van der Waals surface area contributed by atoms with Crippen LogP contribution in [0.25, 0.3) is 0 Å². The van der Waals surface area contributed by atoms with Gasteiger partial charge in [-0.05, 0) is 31.5 Å². The van der Waals surface area contributed by atoms with E-state index >= 15 is 0 Å². The maximum absolute atomic E-state index is 9.99. The molecule has 0 aliphatic carbocycles. The molecule has 0 aliphatic rings. The summed E-state index contributed by atoms with van der Waals surface area (Å²) in [6.07, 6.45) is 0. The second-order valence-corrected chi connectivity index (χ2v) is 3.88. The van der Waals surface area contributed by atoms with E-state index in [1.54, 1.807) is 38.1 Å². The van der Waals surface area contributed by atoms with Gasteiger partial charge in [-0.25, -0.2) is 0 Å². The molecule has 0 unspecified atom stereocenters. The van der Waals surface area contributed by atoms with Crippen molar-refractivity contribution in [1.29, 1.82) is 0 Å². The van der Waals surface area contributed by atoms with Gasteiger partial charge >= 0.3 is 0 Å². The van der Waals surface area contributed by atoms with Crippen molar-refractivity contribution in [2.45, 2.75) is 25.5 Å². The second-order valence-electron chi connectivity index (χ2n) is 3.44. The molecule has 0 bridgehead atoms. The lowest BCUT2D eigenvalue weighted by Crippen LogP contribution is -2.40. The first-order valence-electron chi connectivity index (χ1n) is 4.18. The molecule has 2 nitrogen and oxygen atoms in total. The molecule has 1 aromatic rings. The third-order valence-electron chi connectivity index (χ3n) is 2.32. The van der Waals surface area contributed by atoms with Gasteiger partial charge in [-0.2, -0.15) is 0 Å². The number of benzene rings is 1. The van der Waals surface area contributed by atoms with Crippen LogP contribution in [0.2, 0.25) is 5.02 Å². The molecule has 0 heterocycles. The molecule has 0 spiro atoms. The predicted octanol–water partition coefficient (Wildman–Crippen LogP) is 1.89. The van der Waals surface area contributed by atoms with Crippen LogP contribution in [0.15, 0.2) is 24.3 Å². The Morgan fingerprint density at radius 3 is 2.23 bits per heavy atom. The van der Waals surface area contributed by atoms with Crippen LogP contribution in [0.3, 0.4) is 0 Å². The number of hydrogen-bond donors (Lipinski definition) is 2. The summed E-state index contributed by atoms with van der Waals surface area (Å²) in [5, 5.41) is 10.6. The smallest absolute Gasteiger partial charge is 0.102 e. The Hall–Kier alpha value is -0.570. The van der Waals surface area contributed by atoms with E-state index in [0.29, 0.717) is 5.02 Å². The molecule has 72 valence electrons. The molecule has 0 saturated carbocycles. The normalized spacial score (nSPS) is 17.9. The van der Waals surface area contributed by atoms with E-state index in [4.69, 9.17) is 17.3 Å². The number of rotatable bonds is 2. The molecule has 3 N–H and O–H groups in total. The Labute approximate surface area is 83.3 Å². The molecule has 0 fully saturated rings. The average molecular weight is 200 g/mol. The molecule has 0 aliphatic heterocycles. The van der Waals surface area contributed by atoms with E-state index in [2.05, 4.69) is 0 Å².